The molecule has 0 spiro atoms. The van der Waals surface area contributed by atoms with Crippen molar-refractivity contribution in [2.24, 2.45) is 0 Å². The third kappa shape index (κ3) is 3.30. The zero-order chi connectivity index (χ0) is 19.0. The van der Waals surface area contributed by atoms with Crippen molar-refractivity contribution in [1.82, 2.24) is 9.55 Å². The Bertz CT molecular complexity index is 1090. The van der Waals surface area contributed by atoms with Gasteiger partial charge in [-0.2, -0.15) is 0 Å². The van der Waals surface area contributed by atoms with Gasteiger partial charge in [0.25, 0.3) is 5.56 Å². The van der Waals surface area contributed by atoms with Crippen LogP contribution in [-0.4, -0.2) is 27.9 Å². The molecule has 0 aliphatic carbocycles. The fourth-order valence-electron chi connectivity index (χ4n) is 2.97. The lowest BCUT2D eigenvalue weighted by Gasteiger charge is -2.15. The van der Waals surface area contributed by atoms with Gasteiger partial charge in [0.1, 0.15) is 0 Å². The molecule has 0 saturated carbocycles. The Morgan fingerprint density at radius 1 is 1.19 bits per heavy atom. The van der Waals surface area contributed by atoms with Crippen LogP contribution in [0.15, 0.2) is 52.4 Å². The molecule has 4 rings (SSSR count). The lowest BCUT2D eigenvalue weighted by Crippen LogP contribution is -2.25. The number of ketones is 1. The van der Waals surface area contributed by atoms with E-state index in [-0.39, 0.29) is 29.9 Å². The molecule has 0 N–H and O–H groups in total. The van der Waals surface area contributed by atoms with Gasteiger partial charge in [0.05, 0.1) is 16.7 Å². The molecule has 1 aromatic heterocycles. The van der Waals surface area contributed by atoms with Gasteiger partial charge in [0.15, 0.2) is 22.4 Å². The van der Waals surface area contributed by atoms with Gasteiger partial charge >= 0.3 is 0 Å². The van der Waals surface area contributed by atoms with Gasteiger partial charge in [-0.25, -0.2) is 4.98 Å². The lowest BCUT2D eigenvalue weighted by molar-refractivity contribution is 0.102. The monoisotopic (exact) mass is 382 g/mol. The number of carbonyl (C=O) groups excluding carboxylic acids is 1. The van der Waals surface area contributed by atoms with Crippen LogP contribution in [0.2, 0.25) is 0 Å². The maximum absolute atomic E-state index is 12.8. The molecule has 0 amide bonds. The summed E-state index contributed by atoms with van der Waals surface area (Å²) in [4.78, 5) is 30.1. The van der Waals surface area contributed by atoms with Crippen LogP contribution in [0, 0.1) is 0 Å². The Labute approximate surface area is 160 Å². The van der Waals surface area contributed by atoms with Gasteiger partial charge in [-0.15, -0.1) is 0 Å². The molecule has 0 bridgehead atoms. The standard InChI is InChI=1S/C20H18N2O4S/c1-12(2)22-19(24)14-5-3-4-6-15(14)21-20(22)27-10-16(23)13-7-8-17-18(9-13)26-11-25-17/h3-9,12H,10-11H2,1-2H3. The maximum Gasteiger partial charge on any atom is 0.262 e. The molecule has 0 fully saturated rings. The van der Waals surface area contributed by atoms with Crippen LogP contribution in [0.5, 0.6) is 11.5 Å². The van der Waals surface area contributed by atoms with E-state index in [0.29, 0.717) is 33.1 Å². The van der Waals surface area contributed by atoms with E-state index in [1.54, 1.807) is 28.8 Å². The summed E-state index contributed by atoms with van der Waals surface area (Å²) in [7, 11) is 0. The number of aromatic nitrogens is 2. The Morgan fingerprint density at radius 2 is 1.96 bits per heavy atom. The number of ether oxygens (including phenoxy) is 2. The number of rotatable bonds is 5. The molecule has 27 heavy (non-hydrogen) atoms. The number of fused-ring (bicyclic) bond motifs is 2. The number of carbonyl (C=O) groups is 1. The topological polar surface area (TPSA) is 70.4 Å². The molecule has 138 valence electrons. The first kappa shape index (κ1) is 17.6. The van der Waals surface area contributed by atoms with Crippen LogP contribution < -0.4 is 15.0 Å². The fourth-order valence-corrected chi connectivity index (χ4v) is 3.99. The highest BCUT2D eigenvalue weighted by Crippen LogP contribution is 2.33. The first-order valence-electron chi connectivity index (χ1n) is 8.61. The summed E-state index contributed by atoms with van der Waals surface area (Å²) in [6.45, 7) is 4.03. The maximum atomic E-state index is 12.8. The van der Waals surface area contributed by atoms with Crippen molar-refractivity contribution in [2.45, 2.75) is 25.0 Å². The minimum absolute atomic E-state index is 0.0576. The second kappa shape index (κ2) is 7.08. The molecule has 2 aromatic carbocycles. The van der Waals surface area contributed by atoms with Crippen molar-refractivity contribution in [3.8, 4) is 11.5 Å². The Kier molecular flexibility index (Phi) is 4.61. The number of hydrogen-bond acceptors (Lipinski definition) is 6. The van der Waals surface area contributed by atoms with Crippen LogP contribution in [-0.2, 0) is 0 Å². The second-order valence-electron chi connectivity index (χ2n) is 6.46. The predicted molar refractivity (Wildman–Crippen MR) is 104 cm³/mol. The summed E-state index contributed by atoms with van der Waals surface area (Å²) in [5.74, 6) is 1.34. The lowest BCUT2D eigenvalue weighted by atomic mass is 10.1. The molecule has 6 nitrogen and oxygen atoms in total. The van der Waals surface area contributed by atoms with Crippen molar-refractivity contribution in [3.63, 3.8) is 0 Å². The second-order valence-corrected chi connectivity index (χ2v) is 7.40. The molecular formula is C20H18N2O4S. The average molecular weight is 382 g/mol. The summed E-state index contributed by atoms with van der Waals surface area (Å²) < 4.78 is 12.2. The van der Waals surface area contributed by atoms with Gasteiger partial charge in [-0.1, -0.05) is 23.9 Å². The highest BCUT2D eigenvalue weighted by molar-refractivity contribution is 7.99. The van der Waals surface area contributed by atoms with E-state index in [0.717, 1.165) is 0 Å². The zero-order valence-electron chi connectivity index (χ0n) is 15.0. The van der Waals surface area contributed by atoms with Crippen LogP contribution >= 0.6 is 11.8 Å². The van der Waals surface area contributed by atoms with Crippen molar-refractivity contribution in [3.05, 3.63) is 58.4 Å². The number of Topliss-reactive ketones (excluding diaryl/α,β-unsaturated/α-hetero) is 1. The molecule has 0 radical (unpaired) electrons. The summed E-state index contributed by atoms with van der Waals surface area (Å²) in [5.41, 5.74) is 1.09. The number of para-hydroxylation sites is 1. The molecular weight excluding hydrogens is 364 g/mol. The highest BCUT2D eigenvalue weighted by Gasteiger charge is 2.18. The van der Waals surface area contributed by atoms with E-state index in [9.17, 15) is 9.59 Å². The smallest absolute Gasteiger partial charge is 0.262 e. The Hall–Kier alpha value is -2.80. The summed E-state index contributed by atoms with van der Waals surface area (Å²) in [6.07, 6.45) is 0. The van der Waals surface area contributed by atoms with Gasteiger partial charge in [-0.05, 0) is 44.2 Å². The number of benzene rings is 2. The van der Waals surface area contributed by atoms with E-state index in [4.69, 9.17) is 9.47 Å². The SMILES string of the molecule is CC(C)n1c(SCC(=O)c2ccc3c(c2)OCO3)nc2ccccc2c1=O. The summed E-state index contributed by atoms with van der Waals surface area (Å²) >= 11 is 1.27. The van der Waals surface area contributed by atoms with Crippen LogP contribution in [0.4, 0.5) is 0 Å². The van der Waals surface area contributed by atoms with E-state index in [1.165, 1.54) is 11.8 Å². The molecule has 0 atom stereocenters. The van der Waals surface area contributed by atoms with Gasteiger partial charge in [0.2, 0.25) is 6.79 Å². The first-order chi connectivity index (χ1) is 13.0. The van der Waals surface area contributed by atoms with Crippen molar-refractivity contribution in [1.29, 1.82) is 0 Å². The van der Waals surface area contributed by atoms with Crippen LogP contribution in [0.1, 0.15) is 30.2 Å². The number of nitrogens with zero attached hydrogens (tertiary/aromatic N) is 2. The van der Waals surface area contributed by atoms with E-state index in [2.05, 4.69) is 4.98 Å². The number of hydrogen-bond donors (Lipinski definition) is 0. The highest BCUT2D eigenvalue weighted by atomic mass is 32.2. The summed E-state index contributed by atoms with van der Waals surface area (Å²) in [6, 6.07) is 12.3. The Morgan fingerprint density at radius 3 is 2.78 bits per heavy atom. The van der Waals surface area contributed by atoms with Crippen LogP contribution in [0.25, 0.3) is 10.9 Å². The van der Waals surface area contributed by atoms with E-state index in [1.807, 2.05) is 32.0 Å². The number of thioether (sulfide) groups is 1. The molecule has 1 aliphatic rings. The molecule has 7 heteroatoms. The van der Waals surface area contributed by atoms with Crippen molar-refractivity contribution >= 4 is 28.4 Å². The molecule has 0 unspecified atom stereocenters. The molecule has 2 heterocycles. The molecule has 3 aromatic rings. The zero-order valence-corrected chi connectivity index (χ0v) is 15.8. The predicted octanol–water partition coefficient (Wildman–Crippen LogP) is 3.68. The normalized spacial score (nSPS) is 12.7. The third-order valence-corrected chi connectivity index (χ3v) is 5.27. The fraction of sp³-hybridized carbons (Fsp3) is 0.250. The summed E-state index contributed by atoms with van der Waals surface area (Å²) in [5, 5.41) is 1.13. The van der Waals surface area contributed by atoms with Gasteiger partial charge in [0, 0.05) is 11.6 Å². The van der Waals surface area contributed by atoms with Gasteiger partial charge < -0.3 is 9.47 Å². The third-order valence-electron chi connectivity index (χ3n) is 4.32. The van der Waals surface area contributed by atoms with Gasteiger partial charge in [-0.3, -0.25) is 14.2 Å². The largest absolute Gasteiger partial charge is 0.454 e. The van der Waals surface area contributed by atoms with E-state index >= 15 is 0 Å². The molecule has 0 saturated heterocycles. The van der Waals surface area contributed by atoms with Crippen molar-refractivity contribution in [2.75, 3.05) is 12.5 Å². The quantitative estimate of drug-likeness (QED) is 0.381. The average Bonchev–Trinajstić information content (AvgIpc) is 3.13. The van der Waals surface area contributed by atoms with Crippen LogP contribution in [0.3, 0.4) is 0 Å². The minimum Gasteiger partial charge on any atom is -0.454 e. The Balaban J connectivity index is 1.62. The minimum atomic E-state index is -0.0892. The molecule has 1 aliphatic heterocycles. The van der Waals surface area contributed by atoms with E-state index < -0.39 is 0 Å². The van der Waals surface area contributed by atoms with Crippen molar-refractivity contribution < 1.29 is 14.3 Å². The first-order valence-corrected chi connectivity index (χ1v) is 9.60.